The largest absolute Gasteiger partial charge is 0.395 e. The Labute approximate surface area is 155 Å². The molecular weight excluding hydrogens is 332 g/mol. The number of nitrogens with zero attached hydrogens (tertiary/aromatic N) is 4. The van der Waals surface area contributed by atoms with Gasteiger partial charge in [-0.1, -0.05) is 6.92 Å². The van der Waals surface area contributed by atoms with Crippen LogP contribution in [0.25, 0.3) is 0 Å². The Morgan fingerprint density at radius 2 is 2.00 bits per heavy atom. The summed E-state index contributed by atoms with van der Waals surface area (Å²) in [6.07, 6.45) is 6.13. The van der Waals surface area contributed by atoms with Crippen LogP contribution in [0.4, 0.5) is 0 Å². The van der Waals surface area contributed by atoms with E-state index in [0.717, 1.165) is 51.0 Å². The number of rotatable bonds is 5. The number of hydrogen-bond acceptors (Lipinski definition) is 4. The number of carbonyl (C=O) groups excluding carboxylic acids is 2. The smallest absolute Gasteiger partial charge is 0.257 e. The van der Waals surface area contributed by atoms with Crippen molar-refractivity contribution in [2.24, 2.45) is 5.41 Å². The highest BCUT2D eigenvalue weighted by Gasteiger charge is 2.41. The molecule has 0 atom stereocenters. The number of aromatic nitrogens is 2. The Morgan fingerprint density at radius 1 is 1.27 bits per heavy atom. The number of amides is 2. The number of aliphatic hydroxyl groups is 1. The standard InChI is InChI=1S/C19H30N4O3/c1-3-8-23-13-16(15(2)20-23)18(26)21-9-6-19(7-10-21)5-4-17(25)22(14-19)11-12-24/h13,24H,3-12,14H2,1-2H3. The van der Waals surface area contributed by atoms with Gasteiger partial charge in [0, 0.05) is 45.3 Å². The van der Waals surface area contributed by atoms with Gasteiger partial charge in [-0.15, -0.1) is 0 Å². The van der Waals surface area contributed by atoms with Gasteiger partial charge in [0.25, 0.3) is 5.91 Å². The first-order chi connectivity index (χ1) is 12.5. The summed E-state index contributed by atoms with van der Waals surface area (Å²) in [5, 5.41) is 13.6. The predicted octanol–water partition coefficient (Wildman–Crippen LogP) is 1.44. The minimum Gasteiger partial charge on any atom is -0.395 e. The van der Waals surface area contributed by atoms with Crippen molar-refractivity contribution < 1.29 is 14.7 Å². The van der Waals surface area contributed by atoms with Gasteiger partial charge in [0.1, 0.15) is 0 Å². The zero-order valence-corrected chi connectivity index (χ0v) is 15.9. The van der Waals surface area contributed by atoms with Gasteiger partial charge in [0.05, 0.1) is 17.9 Å². The second kappa shape index (κ2) is 7.78. The van der Waals surface area contributed by atoms with Crippen molar-refractivity contribution in [3.05, 3.63) is 17.5 Å². The third-order valence-electron chi connectivity index (χ3n) is 5.86. The van der Waals surface area contributed by atoms with Crippen molar-refractivity contribution in [2.45, 2.75) is 52.5 Å². The van der Waals surface area contributed by atoms with E-state index in [-0.39, 0.29) is 23.8 Å². The van der Waals surface area contributed by atoms with Gasteiger partial charge in [0.2, 0.25) is 5.91 Å². The topological polar surface area (TPSA) is 78.7 Å². The van der Waals surface area contributed by atoms with Crippen molar-refractivity contribution in [3.8, 4) is 0 Å². The lowest BCUT2D eigenvalue weighted by atomic mass is 9.72. The molecule has 2 aliphatic rings. The van der Waals surface area contributed by atoms with Crippen LogP contribution in [-0.4, -0.2) is 69.3 Å². The monoisotopic (exact) mass is 362 g/mol. The third-order valence-corrected chi connectivity index (χ3v) is 5.86. The van der Waals surface area contributed by atoms with E-state index in [4.69, 9.17) is 0 Å². The van der Waals surface area contributed by atoms with E-state index in [1.807, 2.05) is 22.7 Å². The fourth-order valence-corrected chi connectivity index (χ4v) is 4.26. The molecule has 0 unspecified atom stereocenters. The Morgan fingerprint density at radius 3 is 2.65 bits per heavy atom. The van der Waals surface area contributed by atoms with Crippen molar-refractivity contribution in [3.63, 3.8) is 0 Å². The molecule has 1 N–H and O–H groups in total. The molecule has 3 rings (SSSR count). The molecule has 2 aliphatic heterocycles. The van der Waals surface area contributed by atoms with Gasteiger partial charge in [-0.05, 0) is 38.0 Å². The summed E-state index contributed by atoms with van der Waals surface area (Å²) in [5.41, 5.74) is 1.60. The molecule has 26 heavy (non-hydrogen) atoms. The molecule has 7 nitrogen and oxygen atoms in total. The van der Waals surface area contributed by atoms with Crippen LogP contribution < -0.4 is 0 Å². The molecule has 1 aromatic rings. The van der Waals surface area contributed by atoms with E-state index < -0.39 is 0 Å². The Kier molecular flexibility index (Phi) is 5.65. The minimum atomic E-state index is 0.00740. The van der Waals surface area contributed by atoms with Crippen LogP contribution in [0.5, 0.6) is 0 Å². The van der Waals surface area contributed by atoms with E-state index in [1.165, 1.54) is 0 Å². The van der Waals surface area contributed by atoms with Crippen molar-refractivity contribution in [2.75, 3.05) is 32.8 Å². The summed E-state index contributed by atoms with van der Waals surface area (Å²) >= 11 is 0. The van der Waals surface area contributed by atoms with Crippen LogP contribution in [0, 0.1) is 12.3 Å². The number of carbonyl (C=O) groups is 2. The van der Waals surface area contributed by atoms with Gasteiger partial charge in [-0.25, -0.2) is 0 Å². The highest BCUT2D eigenvalue weighted by atomic mass is 16.3. The van der Waals surface area contributed by atoms with Crippen LogP contribution in [0.15, 0.2) is 6.20 Å². The Balaban J connectivity index is 1.63. The third kappa shape index (κ3) is 3.77. The van der Waals surface area contributed by atoms with Crippen molar-refractivity contribution in [1.82, 2.24) is 19.6 Å². The molecule has 3 heterocycles. The Bertz CT molecular complexity index is 662. The molecule has 0 aliphatic carbocycles. The summed E-state index contributed by atoms with van der Waals surface area (Å²) in [6.45, 7) is 7.39. The molecule has 0 saturated carbocycles. The normalized spacial score (nSPS) is 20.0. The molecule has 0 aromatic carbocycles. The molecule has 2 fully saturated rings. The van der Waals surface area contributed by atoms with Crippen molar-refractivity contribution >= 4 is 11.8 Å². The van der Waals surface area contributed by atoms with E-state index in [2.05, 4.69) is 12.0 Å². The van der Waals surface area contributed by atoms with E-state index in [0.29, 0.717) is 25.1 Å². The van der Waals surface area contributed by atoms with E-state index in [1.54, 1.807) is 4.90 Å². The molecule has 0 bridgehead atoms. The van der Waals surface area contributed by atoms with Crippen LogP contribution in [0.2, 0.25) is 0 Å². The maximum absolute atomic E-state index is 12.9. The molecule has 144 valence electrons. The average molecular weight is 362 g/mol. The first-order valence-electron chi connectivity index (χ1n) is 9.70. The number of aliphatic hydroxyl groups excluding tert-OH is 1. The fourth-order valence-electron chi connectivity index (χ4n) is 4.26. The lowest BCUT2D eigenvalue weighted by Gasteiger charge is -2.47. The van der Waals surface area contributed by atoms with Crippen LogP contribution >= 0.6 is 0 Å². The van der Waals surface area contributed by atoms with Crippen LogP contribution in [-0.2, 0) is 11.3 Å². The average Bonchev–Trinajstić information content (AvgIpc) is 2.99. The fraction of sp³-hybridized carbons (Fsp3) is 0.737. The van der Waals surface area contributed by atoms with E-state index in [9.17, 15) is 14.7 Å². The van der Waals surface area contributed by atoms with Crippen LogP contribution in [0.3, 0.4) is 0 Å². The zero-order chi connectivity index (χ0) is 18.7. The SMILES string of the molecule is CCCn1cc(C(=O)N2CCC3(CCC(=O)N(CCO)C3)CC2)c(C)n1. The summed E-state index contributed by atoms with van der Waals surface area (Å²) in [7, 11) is 0. The van der Waals surface area contributed by atoms with Crippen LogP contribution in [0.1, 0.15) is 55.1 Å². The van der Waals surface area contributed by atoms with Crippen molar-refractivity contribution in [1.29, 1.82) is 0 Å². The lowest BCUT2D eigenvalue weighted by Crippen LogP contribution is -2.52. The number of hydrogen-bond donors (Lipinski definition) is 1. The molecule has 1 spiro atoms. The van der Waals surface area contributed by atoms with E-state index >= 15 is 0 Å². The maximum Gasteiger partial charge on any atom is 0.257 e. The van der Waals surface area contributed by atoms with Gasteiger partial charge in [0.15, 0.2) is 0 Å². The number of β-amino-alcohol motifs (C(OH)–C–C–N with tert-alkyl or cyclic N) is 1. The quantitative estimate of drug-likeness (QED) is 0.860. The molecule has 7 heteroatoms. The van der Waals surface area contributed by atoms with Gasteiger partial charge in [-0.2, -0.15) is 5.10 Å². The first kappa shape index (κ1) is 18.9. The predicted molar refractivity (Wildman–Crippen MR) is 97.7 cm³/mol. The number of likely N-dealkylation sites (tertiary alicyclic amines) is 2. The van der Waals surface area contributed by atoms with Gasteiger partial charge < -0.3 is 14.9 Å². The van der Waals surface area contributed by atoms with Gasteiger partial charge >= 0.3 is 0 Å². The molecular formula is C19H30N4O3. The second-order valence-electron chi connectivity index (χ2n) is 7.72. The highest BCUT2D eigenvalue weighted by molar-refractivity contribution is 5.95. The van der Waals surface area contributed by atoms with Gasteiger partial charge in [-0.3, -0.25) is 14.3 Å². The Hall–Kier alpha value is -1.89. The minimum absolute atomic E-state index is 0.00740. The number of aryl methyl sites for hydroxylation is 2. The summed E-state index contributed by atoms with van der Waals surface area (Å²) in [5.74, 6) is 0.209. The molecule has 1 aromatic heterocycles. The number of piperidine rings is 2. The summed E-state index contributed by atoms with van der Waals surface area (Å²) in [6, 6.07) is 0. The summed E-state index contributed by atoms with van der Waals surface area (Å²) < 4.78 is 1.85. The molecule has 2 saturated heterocycles. The first-order valence-corrected chi connectivity index (χ1v) is 9.70. The zero-order valence-electron chi connectivity index (χ0n) is 15.9. The lowest BCUT2D eigenvalue weighted by molar-refractivity contribution is -0.139. The molecule has 2 amide bonds. The second-order valence-corrected chi connectivity index (χ2v) is 7.72. The maximum atomic E-state index is 12.9. The highest BCUT2D eigenvalue weighted by Crippen LogP contribution is 2.40. The molecule has 0 radical (unpaired) electrons. The summed E-state index contributed by atoms with van der Waals surface area (Å²) in [4.78, 5) is 28.6.